The molecule has 0 saturated heterocycles. The van der Waals surface area contributed by atoms with E-state index in [-0.39, 0.29) is 5.91 Å². The smallest absolute Gasteiger partial charge is 0.242 e. The van der Waals surface area contributed by atoms with Crippen molar-refractivity contribution < 1.29 is 4.79 Å². The summed E-state index contributed by atoms with van der Waals surface area (Å²) in [4.78, 5) is 15.6. The van der Waals surface area contributed by atoms with Crippen LogP contribution in [0.4, 0.5) is 11.4 Å². The Morgan fingerprint density at radius 2 is 2.00 bits per heavy atom. The lowest BCUT2D eigenvalue weighted by Crippen LogP contribution is -2.38. The van der Waals surface area contributed by atoms with E-state index in [0.717, 1.165) is 5.69 Å². The number of hydrogen-bond acceptors (Lipinski definition) is 4. The highest BCUT2D eigenvalue weighted by atomic mass is 16.2. The van der Waals surface area contributed by atoms with Crippen molar-refractivity contribution in [1.82, 2.24) is 4.90 Å². The number of benzene rings is 1. The Kier molecular flexibility index (Phi) is 5.19. The second-order valence-electron chi connectivity index (χ2n) is 4.31. The topological polar surface area (TPSA) is 73.4 Å². The zero-order valence-electron chi connectivity index (χ0n) is 11.7. The van der Waals surface area contributed by atoms with Crippen LogP contribution >= 0.6 is 0 Å². The monoisotopic (exact) mass is 260 g/mol. The van der Waals surface area contributed by atoms with Crippen molar-refractivity contribution in [2.75, 3.05) is 37.3 Å². The number of nitrogens with zero attached hydrogens (tertiary/aromatic N) is 3. The minimum atomic E-state index is 0.0791. The van der Waals surface area contributed by atoms with Gasteiger partial charge in [0, 0.05) is 25.8 Å². The third kappa shape index (κ3) is 3.62. The van der Waals surface area contributed by atoms with Gasteiger partial charge in [-0.2, -0.15) is 5.26 Å². The first-order valence-electron chi connectivity index (χ1n) is 6.32. The molecule has 0 spiro atoms. The molecule has 1 aromatic carbocycles. The first-order valence-corrected chi connectivity index (χ1v) is 6.32. The number of nitrogen functional groups attached to an aromatic ring is 1. The molecule has 0 aliphatic heterocycles. The van der Waals surface area contributed by atoms with Crippen LogP contribution < -0.4 is 10.6 Å². The van der Waals surface area contributed by atoms with Crippen LogP contribution in [0.15, 0.2) is 18.2 Å². The number of likely N-dealkylation sites (N-methyl/N-ethyl adjacent to an activating group) is 2. The highest BCUT2D eigenvalue weighted by molar-refractivity contribution is 5.81. The van der Waals surface area contributed by atoms with Crippen LogP contribution in [0.1, 0.15) is 19.4 Å². The van der Waals surface area contributed by atoms with E-state index in [4.69, 9.17) is 11.0 Å². The lowest BCUT2D eigenvalue weighted by atomic mass is 10.1. The minimum absolute atomic E-state index is 0.0791. The number of rotatable bonds is 5. The number of carbonyl (C=O) groups excluding carboxylic acids is 1. The van der Waals surface area contributed by atoms with Crippen molar-refractivity contribution >= 4 is 17.3 Å². The van der Waals surface area contributed by atoms with Gasteiger partial charge in [0.15, 0.2) is 0 Å². The molecule has 5 nitrogen and oxygen atoms in total. The summed E-state index contributed by atoms with van der Waals surface area (Å²) in [5, 5.41) is 8.83. The molecule has 102 valence electrons. The summed E-state index contributed by atoms with van der Waals surface area (Å²) in [5.74, 6) is 0.0791. The SMILES string of the molecule is CCN(CC)C(=O)CN(C)c1ccc(C#N)c(N)c1. The van der Waals surface area contributed by atoms with Gasteiger partial charge in [0.2, 0.25) is 5.91 Å². The minimum Gasteiger partial charge on any atom is -0.398 e. The summed E-state index contributed by atoms with van der Waals surface area (Å²) in [6.07, 6.45) is 0. The Balaban J connectivity index is 2.79. The van der Waals surface area contributed by atoms with Gasteiger partial charge in [-0.3, -0.25) is 4.79 Å². The number of carbonyl (C=O) groups is 1. The summed E-state index contributed by atoms with van der Waals surface area (Å²) in [5.41, 5.74) is 7.48. The molecule has 1 rings (SSSR count). The van der Waals surface area contributed by atoms with Crippen molar-refractivity contribution in [2.24, 2.45) is 0 Å². The Bertz CT molecular complexity index is 489. The predicted molar refractivity (Wildman–Crippen MR) is 76.8 cm³/mol. The lowest BCUT2D eigenvalue weighted by Gasteiger charge is -2.24. The first-order chi connectivity index (χ1) is 9.03. The van der Waals surface area contributed by atoms with Crippen molar-refractivity contribution in [1.29, 1.82) is 5.26 Å². The quantitative estimate of drug-likeness (QED) is 0.813. The van der Waals surface area contributed by atoms with Gasteiger partial charge in [0.1, 0.15) is 6.07 Å². The molecular weight excluding hydrogens is 240 g/mol. The van der Waals surface area contributed by atoms with Gasteiger partial charge in [-0.05, 0) is 32.0 Å². The second kappa shape index (κ2) is 6.64. The fraction of sp³-hybridized carbons (Fsp3) is 0.429. The second-order valence-corrected chi connectivity index (χ2v) is 4.31. The molecule has 1 amide bonds. The molecule has 0 fully saturated rings. The molecule has 0 unspecified atom stereocenters. The van der Waals surface area contributed by atoms with Crippen LogP contribution in [0.2, 0.25) is 0 Å². The van der Waals surface area contributed by atoms with Crippen molar-refractivity contribution in [3.63, 3.8) is 0 Å². The maximum absolute atomic E-state index is 12.0. The normalized spacial score (nSPS) is 9.79. The maximum atomic E-state index is 12.0. The van der Waals surface area contributed by atoms with Crippen LogP contribution in [0.5, 0.6) is 0 Å². The Hall–Kier alpha value is -2.22. The number of hydrogen-bond donors (Lipinski definition) is 1. The van der Waals surface area contributed by atoms with Crippen molar-refractivity contribution in [3.05, 3.63) is 23.8 Å². The van der Waals surface area contributed by atoms with E-state index in [1.807, 2.05) is 31.9 Å². The largest absolute Gasteiger partial charge is 0.398 e. The fourth-order valence-corrected chi connectivity index (χ4v) is 1.86. The number of anilines is 2. The number of amides is 1. The van der Waals surface area contributed by atoms with Crippen LogP contribution in [0.3, 0.4) is 0 Å². The lowest BCUT2D eigenvalue weighted by molar-refractivity contribution is -0.129. The summed E-state index contributed by atoms with van der Waals surface area (Å²) in [7, 11) is 1.84. The van der Waals surface area contributed by atoms with Crippen molar-refractivity contribution in [3.8, 4) is 6.07 Å². The third-order valence-electron chi connectivity index (χ3n) is 3.08. The van der Waals surface area contributed by atoms with Gasteiger partial charge in [-0.15, -0.1) is 0 Å². The van der Waals surface area contributed by atoms with Crippen LogP contribution in [-0.2, 0) is 4.79 Å². The summed E-state index contributed by atoms with van der Waals surface area (Å²) < 4.78 is 0. The third-order valence-corrected chi connectivity index (χ3v) is 3.08. The van der Waals surface area contributed by atoms with E-state index in [1.54, 1.807) is 23.1 Å². The molecule has 0 saturated carbocycles. The van der Waals surface area contributed by atoms with Gasteiger partial charge in [0.25, 0.3) is 0 Å². The maximum Gasteiger partial charge on any atom is 0.242 e. The van der Waals surface area contributed by atoms with Crippen LogP contribution in [-0.4, -0.2) is 37.5 Å². The van der Waals surface area contributed by atoms with Gasteiger partial charge < -0.3 is 15.5 Å². The molecule has 0 heterocycles. The van der Waals surface area contributed by atoms with Gasteiger partial charge in [0.05, 0.1) is 17.8 Å². The molecule has 0 radical (unpaired) electrons. The highest BCUT2D eigenvalue weighted by Gasteiger charge is 2.13. The van der Waals surface area contributed by atoms with E-state index in [9.17, 15) is 4.79 Å². The standard InChI is InChI=1S/C14H20N4O/c1-4-18(5-2)14(19)10-17(3)12-7-6-11(9-15)13(16)8-12/h6-8H,4-5,10,16H2,1-3H3. The fourth-order valence-electron chi connectivity index (χ4n) is 1.86. The molecule has 0 aliphatic carbocycles. The molecule has 0 aliphatic rings. The molecule has 19 heavy (non-hydrogen) atoms. The predicted octanol–water partition coefficient (Wildman–Crippen LogP) is 1.45. The molecule has 0 aromatic heterocycles. The number of nitriles is 1. The van der Waals surface area contributed by atoms with E-state index < -0.39 is 0 Å². The van der Waals surface area contributed by atoms with E-state index >= 15 is 0 Å². The summed E-state index contributed by atoms with van der Waals surface area (Å²) in [6.45, 7) is 5.63. The molecule has 0 bridgehead atoms. The van der Waals surface area contributed by atoms with Gasteiger partial charge in [-0.25, -0.2) is 0 Å². The molecule has 0 atom stereocenters. The summed E-state index contributed by atoms with van der Waals surface area (Å²) >= 11 is 0. The average molecular weight is 260 g/mol. The van der Waals surface area contributed by atoms with E-state index in [0.29, 0.717) is 30.9 Å². The molecule has 5 heteroatoms. The summed E-state index contributed by atoms with van der Waals surface area (Å²) in [6, 6.07) is 7.20. The van der Waals surface area contributed by atoms with Gasteiger partial charge in [-0.1, -0.05) is 0 Å². The molecular formula is C14H20N4O. The molecule has 2 N–H and O–H groups in total. The average Bonchev–Trinajstić information content (AvgIpc) is 2.39. The zero-order valence-corrected chi connectivity index (χ0v) is 11.7. The molecule has 1 aromatic rings. The number of nitrogens with two attached hydrogens (primary N) is 1. The van der Waals surface area contributed by atoms with Crippen LogP contribution in [0, 0.1) is 11.3 Å². The van der Waals surface area contributed by atoms with Crippen molar-refractivity contribution in [2.45, 2.75) is 13.8 Å². The zero-order chi connectivity index (χ0) is 14.4. The Morgan fingerprint density at radius 3 is 2.47 bits per heavy atom. The Labute approximate surface area is 114 Å². The first kappa shape index (κ1) is 14.8. The highest BCUT2D eigenvalue weighted by Crippen LogP contribution is 2.20. The van der Waals surface area contributed by atoms with Crippen LogP contribution in [0.25, 0.3) is 0 Å². The van der Waals surface area contributed by atoms with E-state index in [1.165, 1.54) is 0 Å². The Morgan fingerprint density at radius 1 is 1.37 bits per heavy atom. The van der Waals surface area contributed by atoms with Gasteiger partial charge >= 0.3 is 0 Å². The van der Waals surface area contributed by atoms with E-state index in [2.05, 4.69) is 0 Å².